The summed E-state index contributed by atoms with van der Waals surface area (Å²) in [6.45, 7) is 2.67. The van der Waals surface area contributed by atoms with Gasteiger partial charge in [-0.3, -0.25) is 9.89 Å². The van der Waals surface area contributed by atoms with Gasteiger partial charge >= 0.3 is 0 Å². The van der Waals surface area contributed by atoms with Crippen molar-refractivity contribution in [1.82, 2.24) is 20.8 Å². The van der Waals surface area contributed by atoms with E-state index in [1.54, 1.807) is 13.2 Å². The second-order valence-electron chi connectivity index (χ2n) is 4.67. The number of nitrogens with zero attached hydrogens (tertiary/aromatic N) is 1. The van der Waals surface area contributed by atoms with E-state index in [0.29, 0.717) is 25.4 Å². The first kappa shape index (κ1) is 19.6. The minimum atomic E-state index is -0.163. The van der Waals surface area contributed by atoms with Gasteiger partial charge in [-0.05, 0) is 18.2 Å². The maximum atomic E-state index is 12.0. The minimum Gasteiger partial charge on any atom is -0.383 e. The Hall–Kier alpha value is -1.41. The Morgan fingerprint density at radius 1 is 1.26 bits per heavy atom. The van der Waals surface area contributed by atoms with Crippen LogP contribution in [0.3, 0.4) is 0 Å². The lowest BCUT2D eigenvalue weighted by Gasteiger charge is -2.05. The number of methoxy groups -OCH3 is 1. The van der Waals surface area contributed by atoms with Crippen LogP contribution in [-0.4, -0.2) is 49.5 Å². The summed E-state index contributed by atoms with van der Waals surface area (Å²) in [6.07, 6.45) is 0. The van der Waals surface area contributed by atoms with Gasteiger partial charge in [0.1, 0.15) is 5.69 Å². The van der Waals surface area contributed by atoms with E-state index in [0.717, 1.165) is 22.3 Å². The quantitative estimate of drug-likeness (QED) is 0.591. The summed E-state index contributed by atoms with van der Waals surface area (Å²) >= 11 is 3.39. The van der Waals surface area contributed by atoms with Crippen molar-refractivity contribution in [3.8, 4) is 11.3 Å². The van der Waals surface area contributed by atoms with Gasteiger partial charge in [0.05, 0.1) is 12.3 Å². The molecule has 0 bridgehead atoms. The van der Waals surface area contributed by atoms with Gasteiger partial charge in [-0.25, -0.2) is 0 Å². The average molecular weight is 404 g/mol. The van der Waals surface area contributed by atoms with Gasteiger partial charge in [-0.1, -0.05) is 28.1 Å². The standard InChI is InChI=1S/C15H19BrN4O2.ClH/c1-22-9-8-17-6-7-18-15(21)14-10-13(19-20-14)11-2-4-12(16)5-3-11;/h2-5,10,17H,6-9H2,1H3,(H,18,21)(H,19,20);1H. The van der Waals surface area contributed by atoms with Crippen molar-refractivity contribution in [2.24, 2.45) is 0 Å². The molecule has 0 aliphatic heterocycles. The van der Waals surface area contributed by atoms with E-state index >= 15 is 0 Å². The minimum absolute atomic E-state index is 0. The van der Waals surface area contributed by atoms with Crippen LogP contribution in [0.15, 0.2) is 34.8 Å². The van der Waals surface area contributed by atoms with Crippen molar-refractivity contribution < 1.29 is 9.53 Å². The number of ether oxygens (including phenoxy) is 1. The van der Waals surface area contributed by atoms with Crippen LogP contribution in [0.5, 0.6) is 0 Å². The lowest BCUT2D eigenvalue weighted by molar-refractivity contribution is 0.0948. The zero-order valence-corrected chi connectivity index (χ0v) is 15.2. The molecule has 0 saturated heterocycles. The van der Waals surface area contributed by atoms with E-state index in [4.69, 9.17) is 4.74 Å². The van der Waals surface area contributed by atoms with Gasteiger partial charge in [0.2, 0.25) is 0 Å². The van der Waals surface area contributed by atoms with Crippen LogP contribution in [0.1, 0.15) is 10.5 Å². The van der Waals surface area contributed by atoms with Crippen LogP contribution < -0.4 is 10.6 Å². The second kappa shape index (κ2) is 10.4. The predicted octanol–water partition coefficient (Wildman–Crippen LogP) is 2.23. The first-order chi connectivity index (χ1) is 10.7. The highest BCUT2D eigenvalue weighted by Gasteiger charge is 2.10. The van der Waals surface area contributed by atoms with Crippen LogP contribution in [0.25, 0.3) is 11.3 Å². The summed E-state index contributed by atoms with van der Waals surface area (Å²) in [5.41, 5.74) is 2.16. The number of carbonyl (C=O) groups is 1. The van der Waals surface area contributed by atoms with Gasteiger partial charge in [-0.15, -0.1) is 12.4 Å². The number of carbonyl (C=O) groups excluding carboxylic acids is 1. The van der Waals surface area contributed by atoms with E-state index in [2.05, 4.69) is 36.8 Å². The molecule has 1 aromatic carbocycles. The maximum absolute atomic E-state index is 12.0. The van der Waals surface area contributed by atoms with E-state index in [1.165, 1.54) is 0 Å². The van der Waals surface area contributed by atoms with E-state index in [-0.39, 0.29) is 18.3 Å². The number of benzene rings is 1. The molecule has 1 aromatic heterocycles. The fourth-order valence-electron chi connectivity index (χ4n) is 1.87. The monoisotopic (exact) mass is 402 g/mol. The molecule has 23 heavy (non-hydrogen) atoms. The highest BCUT2D eigenvalue weighted by atomic mass is 79.9. The first-order valence-electron chi connectivity index (χ1n) is 7.00. The molecule has 3 N–H and O–H groups in total. The van der Waals surface area contributed by atoms with Gasteiger partial charge in [0.15, 0.2) is 0 Å². The van der Waals surface area contributed by atoms with E-state index in [1.807, 2.05) is 24.3 Å². The smallest absolute Gasteiger partial charge is 0.269 e. The molecule has 2 aromatic rings. The summed E-state index contributed by atoms with van der Waals surface area (Å²) in [7, 11) is 1.66. The molecule has 0 saturated carbocycles. The lowest BCUT2D eigenvalue weighted by Crippen LogP contribution is -2.33. The topological polar surface area (TPSA) is 79.0 Å². The van der Waals surface area contributed by atoms with Crippen molar-refractivity contribution in [3.63, 3.8) is 0 Å². The number of halogens is 2. The Labute approximate surface area is 149 Å². The third-order valence-corrected chi connectivity index (χ3v) is 3.56. The summed E-state index contributed by atoms with van der Waals surface area (Å²) in [5, 5.41) is 12.9. The summed E-state index contributed by atoms with van der Waals surface area (Å²) < 4.78 is 5.93. The lowest BCUT2D eigenvalue weighted by atomic mass is 10.1. The zero-order chi connectivity index (χ0) is 15.8. The molecule has 0 radical (unpaired) electrons. The number of hydrogen-bond donors (Lipinski definition) is 3. The Morgan fingerprint density at radius 2 is 2.00 bits per heavy atom. The molecular formula is C15H20BrClN4O2. The van der Waals surface area contributed by atoms with Crippen LogP contribution in [-0.2, 0) is 4.74 Å². The third kappa shape index (κ3) is 6.31. The highest BCUT2D eigenvalue weighted by molar-refractivity contribution is 9.10. The number of rotatable bonds is 8. The van der Waals surface area contributed by atoms with Crippen molar-refractivity contribution >= 4 is 34.2 Å². The van der Waals surface area contributed by atoms with Gasteiger partial charge < -0.3 is 15.4 Å². The number of amides is 1. The Bertz CT molecular complexity index is 604. The normalized spacial score (nSPS) is 10.2. The fourth-order valence-corrected chi connectivity index (χ4v) is 2.13. The molecule has 2 rings (SSSR count). The Kier molecular flexibility index (Phi) is 8.86. The molecular weight excluding hydrogens is 384 g/mol. The van der Waals surface area contributed by atoms with Crippen LogP contribution >= 0.6 is 28.3 Å². The molecule has 1 amide bonds. The van der Waals surface area contributed by atoms with Crippen molar-refractivity contribution in [1.29, 1.82) is 0 Å². The average Bonchev–Trinajstić information content (AvgIpc) is 3.01. The van der Waals surface area contributed by atoms with E-state index < -0.39 is 0 Å². The van der Waals surface area contributed by atoms with Crippen molar-refractivity contribution in [2.45, 2.75) is 0 Å². The largest absolute Gasteiger partial charge is 0.383 e. The Morgan fingerprint density at radius 3 is 2.70 bits per heavy atom. The van der Waals surface area contributed by atoms with Crippen molar-refractivity contribution in [2.75, 3.05) is 33.4 Å². The fraction of sp³-hybridized carbons (Fsp3) is 0.333. The van der Waals surface area contributed by atoms with Crippen LogP contribution in [0.4, 0.5) is 0 Å². The molecule has 0 aliphatic carbocycles. The molecule has 6 nitrogen and oxygen atoms in total. The predicted molar refractivity (Wildman–Crippen MR) is 96.1 cm³/mol. The maximum Gasteiger partial charge on any atom is 0.269 e. The molecule has 126 valence electrons. The zero-order valence-electron chi connectivity index (χ0n) is 12.8. The summed E-state index contributed by atoms with van der Waals surface area (Å²) in [5.74, 6) is -0.163. The van der Waals surface area contributed by atoms with Crippen LogP contribution in [0, 0.1) is 0 Å². The first-order valence-corrected chi connectivity index (χ1v) is 7.79. The van der Waals surface area contributed by atoms with Gasteiger partial charge in [0, 0.05) is 36.8 Å². The number of hydrogen-bond acceptors (Lipinski definition) is 4. The molecule has 0 unspecified atom stereocenters. The van der Waals surface area contributed by atoms with E-state index in [9.17, 15) is 4.79 Å². The molecule has 0 atom stereocenters. The molecule has 0 spiro atoms. The number of H-pyrrole nitrogens is 1. The highest BCUT2D eigenvalue weighted by Crippen LogP contribution is 2.20. The third-order valence-electron chi connectivity index (χ3n) is 3.03. The molecule has 1 heterocycles. The molecule has 8 heteroatoms. The van der Waals surface area contributed by atoms with Gasteiger partial charge in [-0.2, -0.15) is 5.10 Å². The summed E-state index contributed by atoms with van der Waals surface area (Å²) in [6, 6.07) is 9.52. The SMILES string of the molecule is COCCNCCNC(=O)c1cc(-c2ccc(Br)cc2)n[nH]1.Cl. The van der Waals surface area contributed by atoms with Crippen LogP contribution in [0.2, 0.25) is 0 Å². The number of nitrogens with one attached hydrogen (secondary N) is 3. The summed E-state index contributed by atoms with van der Waals surface area (Å²) in [4.78, 5) is 12.0. The van der Waals surface area contributed by atoms with Crippen molar-refractivity contribution in [3.05, 3.63) is 40.5 Å². The number of aromatic amines is 1. The van der Waals surface area contributed by atoms with Gasteiger partial charge in [0.25, 0.3) is 5.91 Å². The number of aromatic nitrogens is 2. The second-order valence-corrected chi connectivity index (χ2v) is 5.59. The molecule has 0 fully saturated rings. The molecule has 0 aliphatic rings. The Balaban J connectivity index is 0.00000264.